The molecule has 1 fully saturated rings. The molecule has 32 heavy (non-hydrogen) atoms. The molecule has 0 spiro atoms. The normalized spacial score (nSPS) is 17.5. The van der Waals surface area contributed by atoms with Crippen LogP contribution in [0, 0.1) is 10.1 Å². The fourth-order valence-corrected chi connectivity index (χ4v) is 3.67. The molecule has 3 aromatic rings. The molecule has 1 aliphatic rings. The molecule has 1 amide bonds. The van der Waals surface area contributed by atoms with Gasteiger partial charge in [-0.25, -0.2) is 0 Å². The molecular weight excluding hydrogens is 416 g/mol. The molecule has 0 unspecified atom stereocenters. The number of methoxy groups -OCH3 is 1. The van der Waals surface area contributed by atoms with E-state index >= 15 is 0 Å². The first kappa shape index (κ1) is 20.9. The van der Waals surface area contributed by atoms with E-state index in [1.165, 1.54) is 36.5 Å². The predicted octanol–water partition coefficient (Wildman–Crippen LogP) is 3.82. The van der Waals surface area contributed by atoms with Gasteiger partial charge in [-0.3, -0.25) is 19.7 Å². The predicted molar refractivity (Wildman–Crippen MR) is 113 cm³/mol. The van der Waals surface area contributed by atoms with Crippen LogP contribution >= 0.6 is 0 Å². The number of rotatable bonds is 6. The van der Waals surface area contributed by atoms with Gasteiger partial charge < -0.3 is 19.2 Å². The van der Waals surface area contributed by atoms with Gasteiger partial charge in [0.15, 0.2) is 0 Å². The van der Waals surface area contributed by atoms with E-state index in [0.29, 0.717) is 17.1 Å². The lowest BCUT2D eigenvalue weighted by molar-refractivity contribution is -0.384. The van der Waals surface area contributed by atoms with E-state index in [9.17, 15) is 24.8 Å². The third kappa shape index (κ3) is 3.71. The molecule has 4 rings (SSSR count). The highest BCUT2D eigenvalue weighted by Gasteiger charge is 2.46. The van der Waals surface area contributed by atoms with Gasteiger partial charge in [-0.2, -0.15) is 0 Å². The third-order valence-corrected chi connectivity index (χ3v) is 5.21. The highest BCUT2D eigenvalue weighted by atomic mass is 16.6. The number of non-ortho nitro benzene ring substituents is 1. The smallest absolute Gasteiger partial charge is 0.296 e. The topological polar surface area (TPSA) is 123 Å². The number of nitro benzene ring substituents is 1. The van der Waals surface area contributed by atoms with Crippen LogP contribution in [-0.4, -0.2) is 33.7 Å². The molecule has 1 aliphatic heterocycles. The number of nitrogens with zero attached hydrogens (tertiary/aromatic N) is 2. The Bertz CT molecular complexity index is 1210. The standard InChI is InChI=1S/C23H18N2O7/c1-31-17-9-7-14(8-10-17)20-19(21(26)15-4-2-5-16(12-15)25(29)30)22(27)23(28)24(20)13-18-6-3-11-32-18/h2-12,20,26H,13H2,1H3/b21-19+/t20-/m0/s1. The minimum atomic E-state index is -0.926. The highest BCUT2D eigenvalue weighted by Crippen LogP contribution is 2.41. The molecule has 0 aliphatic carbocycles. The van der Waals surface area contributed by atoms with Gasteiger partial charge in [0, 0.05) is 17.7 Å². The fraction of sp³-hybridized carbons (Fsp3) is 0.130. The van der Waals surface area contributed by atoms with Gasteiger partial charge in [0.1, 0.15) is 17.3 Å². The van der Waals surface area contributed by atoms with Crippen LogP contribution in [0.3, 0.4) is 0 Å². The van der Waals surface area contributed by atoms with Crippen LogP contribution in [0.1, 0.15) is 22.9 Å². The van der Waals surface area contributed by atoms with Crippen LogP contribution in [0.15, 0.2) is 76.9 Å². The summed E-state index contributed by atoms with van der Waals surface area (Å²) in [5, 5.41) is 22.1. The lowest BCUT2D eigenvalue weighted by Gasteiger charge is -2.24. The van der Waals surface area contributed by atoms with Crippen molar-refractivity contribution in [2.75, 3.05) is 7.11 Å². The number of carbonyl (C=O) groups is 2. The van der Waals surface area contributed by atoms with Gasteiger partial charge in [-0.15, -0.1) is 0 Å². The first-order valence-electron chi connectivity index (χ1n) is 9.60. The minimum Gasteiger partial charge on any atom is -0.507 e. The summed E-state index contributed by atoms with van der Waals surface area (Å²) in [6, 6.07) is 14.4. The lowest BCUT2D eigenvalue weighted by atomic mass is 9.95. The van der Waals surface area contributed by atoms with Gasteiger partial charge in [0.2, 0.25) is 0 Å². The Morgan fingerprint density at radius 2 is 1.91 bits per heavy atom. The second-order valence-corrected chi connectivity index (χ2v) is 7.09. The summed E-state index contributed by atoms with van der Waals surface area (Å²) in [4.78, 5) is 37.7. The maximum Gasteiger partial charge on any atom is 0.296 e. The summed E-state index contributed by atoms with van der Waals surface area (Å²) >= 11 is 0. The molecule has 2 heterocycles. The zero-order valence-corrected chi connectivity index (χ0v) is 16.9. The van der Waals surface area contributed by atoms with E-state index in [4.69, 9.17) is 9.15 Å². The monoisotopic (exact) mass is 434 g/mol. The summed E-state index contributed by atoms with van der Waals surface area (Å²) in [6.45, 7) is -0.0000132. The molecule has 0 bridgehead atoms. The van der Waals surface area contributed by atoms with Gasteiger partial charge in [0.25, 0.3) is 17.4 Å². The Morgan fingerprint density at radius 3 is 2.53 bits per heavy atom. The molecule has 9 nitrogen and oxygen atoms in total. The van der Waals surface area contributed by atoms with Crippen molar-refractivity contribution in [3.05, 3.63) is 99.5 Å². The number of furan rings is 1. The van der Waals surface area contributed by atoms with Gasteiger partial charge >= 0.3 is 0 Å². The first-order chi connectivity index (χ1) is 15.4. The largest absolute Gasteiger partial charge is 0.507 e. The van der Waals surface area contributed by atoms with Crippen molar-refractivity contribution in [1.29, 1.82) is 0 Å². The van der Waals surface area contributed by atoms with Crippen LogP contribution in [-0.2, 0) is 16.1 Å². The fourth-order valence-electron chi connectivity index (χ4n) is 3.67. The van der Waals surface area contributed by atoms with Crippen LogP contribution in [0.5, 0.6) is 5.75 Å². The van der Waals surface area contributed by atoms with E-state index < -0.39 is 28.4 Å². The van der Waals surface area contributed by atoms with Crippen LogP contribution in [0.4, 0.5) is 5.69 Å². The maximum absolute atomic E-state index is 13.0. The lowest BCUT2D eigenvalue weighted by Crippen LogP contribution is -2.29. The van der Waals surface area contributed by atoms with Crippen LogP contribution in [0.2, 0.25) is 0 Å². The summed E-state index contributed by atoms with van der Waals surface area (Å²) < 4.78 is 10.5. The Hall–Kier alpha value is -4.40. The molecule has 0 radical (unpaired) electrons. The van der Waals surface area contributed by atoms with Gasteiger partial charge in [-0.1, -0.05) is 24.3 Å². The molecule has 9 heteroatoms. The average molecular weight is 434 g/mol. The second-order valence-electron chi connectivity index (χ2n) is 7.09. The van der Waals surface area contributed by atoms with E-state index in [-0.39, 0.29) is 23.4 Å². The molecule has 1 saturated heterocycles. The zero-order chi connectivity index (χ0) is 22.8. The number of nitro groups is 1. The van der Waals surface area contributed by atoms with E-state index in [1.807, 2.05) is 0 Å². The van der Waals surface area contributed by atoms with Crippen molar-refractivity contribution in [2.24, 2.45) is 0 Å². The number of amides is 1. The Kier molecular flexibility index (Phi) is 5.46. The van der Waals surface area contributed by atoms with Crippen LogP contribution < -0.4 is 4.74 Å². The van der Waals surface area contributed by atoms with Gasteiger partial charge in [0.05, 0.1) is 36.5 Å². The first-order valence-corrected chi connectivity index (χ1v) is 9.60. The number of Topliss-reactive ketones (excluding diaryl/α,β-unsaturated/α-hetero) is 1. The quantitative estimate of drug-likeness (QED) is 0.206. The molecule has 0 saturated carbocycles. The number of hydrogen-bond donors (Lipinski definition) is 1. The number of carbonyl (C=O) groups excluding carboxylic acids is 2. The zero-order valence-electron chi connectivity index (χ0n) is 16.9. The average Bonchev–Trinajstić information content (AvgIpc) is 3.41. The number of aliphatic hydroxyl groups excluding tert-OH is 1. The number of likely N-dealkylation sites (tertiary alicyclic amines) is 1. The van der Waals surface area contributed by atoms with Crippen molar-refractivity contribution >= 4 is 23.1 Å². The molecular formula is C23H18N2O7. The molecule has 162 valence electrons. The highest BCUT2D eigenvalue weighted by molar-refractivity contribution is 6.46. The number of ether oxygens (including phenoxy) is 1. The van der Waals surface area contributed by atoms with E-state index in [1.54, 1.807) is 36.4 Å². The van der Waals surface area contributed by atoms with E-state index in [0.717, 1.165) is 6.07 Å². The summed E-state index contributed by atoms with van der Waals surface area (Å²) in [6.07, 6.45) is 1.46. The molecule has 2 aromatic carbocycles. The molecule has 1 aromatic heterocycles. The van der Waals surface area contributed by atoms with Crippen molar-refractivity contribution in [2.45, 2.75) is 12.6 Å². The number of ketones is 1. The van der Waals surface area contributed by atoms with Crippen LogP contribution in [0.25, 0.3) is 5.76 Å². The molecule has 1 atom stereocenters. The number of aliphatic hydroxyl groups is 1. The van der Waals surface area contributed by atoms with Crippen molar-refractivity contribution in [3.63, 3.8) is 0 Å². The van der Waals surface area contributed by atoms with Crippen molar-refractivity contribution in [1.82, 2.24) is 4.90 Å². The van der Waals surface area contributed by atoms with E-state index in [2.05, 4.69) is 0 Å². The second kappa shape index (κ2) is 8.38. The van der Waals surface area contributed by atoms with Crippen molar-refractivity contribution in [3.8, 4) is 5.75 Å². The molecule has 1 N–H and O–H groups in total. The summed E-state index contributed by atoms with van der Waals surface area (Å²) in [7, 11) is 1.51. The Balaban J connectivity index is 1.87. The Morgan fingerprint density at radius 1 is 1.16 bits per heavy atom. The maximum atomic E-state index is 13.0. The summed E-state index contributed by atoms with van der Waals surface area (Å²) in [5.74, 6) is -1.15. The summed E-state index contributed by atoms with van der Waals surface area (Å²) in [5.41, 5.74) is 0.212. The minimum absolute atomic E-state index is 0.0000132. The number of benzene rings is 2. The Labute approximate surface area is 182 Å². The van der Waals surface area contributed by atoms with Gasteiger partial charge in [-0.05, 0) is 29.8 Å². The number of hydrogen-bond acceptors (Lipinski definition) is 7. The SMILES string of the molecule is COc1ccc([C@H]2/C(=C(\O)c3cccc([N+](=O)[O-])c3)C(=O)C(=O)N2Cc2ccco2)cc1. The van der Waals surface area contributed by atoms with Crippen molar-refractivity contribution < 1.29 is 28.8 Å². The third-order valence-electron chi connectivity index (χ3n) is 5.21.